The van der Waals surface area contributed by atoms with Crippen molar-refractivity contribution in [3.05, 3.63) is 70.8 Å². The Morgan fingerprint density at radius 2 is 1.88 bits per heavy atom. The second-order valence-electron chi connectivity index (χ2n) is 8.98. The molecular weight excluding hydrogens is 404 g/mol. The summed E-state index contributed by atoms with van der Waals surface area (Å²) in [7, 11) is 0. The Morgan fingerprint density at radius 1 is 1.12 bits per heavy atom. The van der Waals surface area contributed by atoms with Gasteiger partial charge in [0.05, 0.1) is 0 Å². The van der Waals surface area contributed by atoms with Gasteiger partial charge in [-0.25, -0.2) is 0 Å². The van der Waals surface area contributed by atoms with Gasteiger partial charge in [0.25, 0.3) is 5.91 Å². The molecule has 0 bridgehead atoms. The fourth-order valence-corrected chi connectivity index (χ4v) is 4.46. The summed E-state index contributed by atoms with van der Waals surface area (Å²) < 4.78 is 0. The van der Waals surface area contributed by atoms with Crippen LogP contribution in [-0.4, -0.2) is 34.7 Å². The second-order valence-corrected chi connectivity index (χ2v) is 8.98. The lowest BCUT2D eigenvalue weighted by molar-refractivity contribution is -0.136. The van der Waals surface area contributed by atoms with Gasteiger partial charge < -0.3 is 16.0 Å². The molecule has 4 N–H and O–H groups in total. The Bertz CT molecular complexity index is 1020. The molecule has 1 saturated heterocycles. The fourth-order valence-electron chi connectivity index (χ4n) is 4.46. The molecule has 7 heteroatoms. The Hall–Kier alpha value is -3.03. The van der Waals surface area contributed by atoms with Gasteiger partial charge in [0, 0.05) is 37.2 Å². The van der Waals surface area contributed by atoms with Gasteiger partial charge >= 0.3 is 0 Å². The highest BCUT2D eigenvalue weighted by Crippen LogP contribution is 2.29. The number of benzene rings is 2. The van der Waals surface area contributed by atoms with Crippen LogP contribution in [0.4, 0.5) is 0 Å². The van der Waals surface area contributed by atoms with Crippen LogP contribution in [0.1, 0.15) is 59.8 Å². The van der Waals surface area contributed by atoms with E-state index in [1.54, 1.807) is 4.90 Å². The number of carbonyl (C=O) groups is 3. The van der Waals surface area contributed by atoms with Gasteiger partial charge in [-0.15, -0.1) is 0 Å². The van der Waals surface area contributed by atoms with E-state index < -0.39 is 11.9 Å². The molecule has 3 amide bonds. The Labute approximate surface area is 188 Å². The van der Waals surface area contributed by atoms with Gasteiger partial charge in [0.15, 0.2) is 0 Å². The average Bonchev–Trinajstić information content (AvgIpc) is 3.10. The van der Waals surface area contributed by atoms with E-state index in [2.05, 4.69) is 36.6 Å². The highest BCUT2D eigenvalue weighted by Gasteiger charge is 2.39. The Balaban J connectivity index is 1.48. The number of amides is 3. The van der Waals surface area contributed by atoms with E-state index in [1.807, 2.05) is 36.4 Å². The summed E-state index contributed by atoms with van der Waals surface area (Å²) >= 11 is 0. The van der Waals surface area contributed by atoms with Crippen molar-refractivity contribution in [2.24, 2.45) is 11.7 Å². The molecule has 3 atom stereocenters. The number of rotatable bonds is 7. The third kappa shape index (κ3) is 4.45. The summed E-state index contributed by atoms with van der Waals surface area (Å²) in [4.78, 5) is 38.3. The molecule has 1 fully saturated rings. The van der Waals surface area contributed by atoms with Crippen LogP contribution in [-0.2, 0) is 22.7 Å². The average molecular weight is 435 g/mol. The normalized spacial score (nSPS) is 20.3. The molecule has 0 aromatic heterocycles. The largest absolute Gasteiger partial charge is 0.326 e. The molecule has 2 aromatic rings. The minimum absolute atomic E-state index is 0.0138. The van der Waals surface area contributed by atoms with Gasteiger partial charge in [-0.1, -0.05) is 56.3 Å². The van der Waals surface area contributed by atoms with E-state index >= 15 is 0 Å². The predicted molar refractivity (Wildman–Crippen MR) is 121 cm³/mol. The van der Waals surface area contributed by atoms with Crippen LogP contribution < -0.4 is 16.4 Å². The molecular formula is C25H30N4O3. The van der Waals surface area contributed by atoms with E-state index in [-0.39, 0.29) is 30.3 Å². The predicted octanol–water partition coefficient (Wildman–Crippen LogP) is 2.26. The number of fused-ring (bicyclic) bond motifs is 1. The summed E-state index contributed by atoms with van der Waals surface area (Å²) in [5.41, 5.74) is 10.2. The van der Waals surface area contributed by atoms with Crippen molar-refractivity contribution < 1.29 is 14.4 Å². The van der Waals surface area contributed by atoms with E-state index in [4.69, 9.17) is 5.73 Å². The van der Waals surface area contributed by atoms with Crippen LogP contribution in [0, 0.1) is 5.92 Å². The zero-order chi connectivity index (χ0) is 22.8. The first kappa shape index (κ1) is 22.2. The molecule has 0 radical (unpaired) electrons. The number of hydrogen-bond donors (Lipinski definition) is 3. The molecule has 32 heavy (non-hydrogen) atoms. The summed E-state index contributed by atoms with van der Waals surface area (Å²) in [6, 6.07) is 15.3. The van der Waals surface area contributed by atoms with E-state index in [9.17, 15) is 14.4 Å². The van der Waals surface area contributed by atoms with Crippen molar-refractivity contribution in [2.75, 3.05) is 0 Å². The summed E-state index contributed by atoms with van der Waals surface area (Å²) in [6.45, 7) is 5.18. The van der Waals surface area contributed by atoms with Gasteiger partial charge in [0.2, 0.25) is 11.8 Å². The van der Waals surface area contributed by atoms with Crippen molar-refractivity contribution in [2.45, 2.75) is 57.9 Å². The molecule has 0 spiro atoms. The first-order chi connectivity index (χ1) is 15.3. The molecule has 2 aliphatic heterocycles. The van der Waals surface area contributed by atoms with Crippen LogP contribution in [0.15, 0.2) is 48.5 Å². The minimum Gasteiger partial charge on any atom is -0.326 e. The maximum Gasteiger partial charge on any atom is 0.255 e. The number of imide groups is 1. The molecule has 2 aliphatic rings. The van der Waals surface area contributed by atoms with Crippen molar-refractivity contribution in [1.29, 1.82) is 0 Å². The Morgan fingerprint density at radius 3 is 2.56 bits per heavy atom. The maximum atomic E-state index is 13.1. The van der Waals surface area contributed by atoms with Crippen LogP contribution in [0.2, 0.25) is 0 Å². The van der Waals surface area contributed by atoms with E-state index in [1.165, 1.54) is 0 Å². The monoisotopic (exact) mass is 434 g/mol. The highest BCUT2D eigenvalue weighted by molar-refractivity contribution is 6.05. The topological polar surface area (TPSA) is 105 Å². The van der Waals surface area contributed by atoms with Crippen molar-refractivity contribution in [3.63, 3.8) is 0 Å². The number of piperidine rings is 1. The fraction of sp³-hybridized carbons (Fsp3) is 0.400. The molecule has 0 aliphatic carbocycles. The highest BCUT2D eigenvalue weighted by atomic mass is 16.2. The van der Waals surface area contributed by atoms with E-state index in [0.29, 0.717) is 31.0 Å². The van der Waals surface area contributed by atoms with Crippen molar-refractivity contribution in [1.82, 2.24) is 15.5 Å². The SMILES string of the molecule is CC(C)C(N)C(NCc1ccc2c(c1)C(=O)N(C1CCC(=O)NC1=O)C2)c1ccccc1. The van der Waals surface area contributed by atoms with Crippen molar-refractivity contribution >= 4 is 17.7 Å². The number of carbonyl (C=O) groups excluding carboxylic acids is 3. The lowest BCUT2D eigenvalue weighted by atomic mass is 9.91. The Kier molecular flexibility index (Phi) is 6.39. The molecule has 7 nitrogen and oxygen atoms in total. The first-order valence-corrected chi connectivity index (χ1v) is 11.2. The van der Waals surface area contributed by atoms with Crippen LogP contribution in [0.5, 0.6) is 0 Å². The third-order valence-corrected chi connectivity index (χ3v) is 6.43. The van der Waals surface area contributed by atoms with Crippen molar-refractivity contribution in [3.8, 4) is 0 Å². The number of nitrogens with zero attached hydrogens (tertiary/aromatic N) is 1. The van der Waals surface area contributed by atoms with Gasteiger partial charge in [-0.2, -0.15) is 0 Å². The lowest BCUT2D eigenvalue weighted by Crippen LogP contribution is -2.52. The van der Waals surface area contributed by atoms with Gasteiger partial charge in [-0.3, -0.25) is 19.7 Å². The zero-order valence-electron chi connectivity index (χ0n) is 18.5. The quantitative estimate of drug-likeness (QED) is 0.580. The molecule has 0 saturated carbocycles. The first-order valence-electron chi connectivity index (χ1n) is 11.2. The lowest BCUT2D eigenvalue weighted by Gasteiger charge is -2.29. The van der Waals surface area contributed by atoms with E-state index in [0.717, 1.165) is 16.7 Å². The zero-order valence-corrected chi connectivity index (χ0v) is 18.5. The van der Waals surface area contributed by atoms with Gasteiger partial charge in [-0.05, 0) is 35.1 Å². The third-order valence-electron chi connectivity index (χ3n) is 6.43. The summed E-state index contributed by atoms with van der Waals surface area (Å²) in [6.07, 6.45) is 0.618. The molecule has 3 unspecified atom stereocenters. The second kappa shape index (κ2) is 9.22. The maximum absolute atomic E-state index is 13.1. The van der Waals surface area contributed by atoms with Crippen LogP contribution >= 0.6 is 0 Å². The number of nitrogens with one attached hydrogen (secondary N) is 2. The summed E-state index contributed by atoms with van der Waals surface area (Å²) in [5.74, 6) is -0.528. The van der Waals surface area contributed by atoms with Crippen LogP contribution in [0.3, 0.4) is 0 Å². The number of nitrogens with two attached hydrogens (primary N) is 1. The molecule has 2 heterocycles. The van der Waals surface area contributed by atoms with Gasteiger partial charge in [0.1, 0.15) is 6.04 Å². The van der Waals surface area contributed by atoms with Crippen LogP contribution in [0.25, 0.3) is 0 Å². The molecule has 4 rings (SSSR count). The molecule has 2 aromatic carbocycles. The number of hydrogen-bond acceptors (Lipinski definition) is 5. The molecule has 168 valence electrons. The summed E-state index contributed by atoms with van der Waals surface area (Å²) in [5, 5.41) is 5.91. The minimum atomic E-state index is -0.597. The standard InChI is InChI=1S/C25H30N4O3/c1-15(2)22(26)23(17-6-4-3-5-7-17)27-13-16-8-9-18-14-29(25(32)19(18)12-16)20-10-11-21(30)28-24(20)31/h3-9,12,15,20,22-23,27H,10-11,13-14,26H2,1-2H3,(H,28,30,31). The smallest absolute Gasteiger partial charge is 0.255 e.